The predicted molar refractivity (Wildman–Crippen MR) is 137 cm³/mol. The first-order valence-corrected chi connectivity index (χ1v) is 11.4. The van der Waals surface area contributed by atoms with E-state index >= 15 is 0 Å². The van der Waals surface area contributed by atoms with Crippen LogP contribution in [0, 0.1) is 0 Å². The van der Waals surface area contributed by atoms with Crippen molar-refractivity contribution in [3.8, 4) is 0 Å². The fraction of sp³-hybridized carbons (Fsp3) is 0.0714. The highest BCUT2D eigenvalue weighted by Gasteiger charge is 2.31. The zero-order chi connectivity index (χ0) is 24.5. The fourth-order valence-corrected chi connectivity index (χ4v) is 4.38. The lowest BCUT2D eigenvalue weighted by Crippen LogP contribution is -2.40. The Hall–Kier alpha value is -4.29. The molecule has 2 aromatic heterocycles. The van der Waals surface area contributed by atoms with E-state index in [1.807, 2.05) is 47.0 Å². The van der Waals surface area contributed by atoms with Crippen LogP contribution in [0.25, 0.3) is 21.8 Å². The lowest BCUT2D eigenvalue weighted by molar-refractivity contribution is -0.123. The lowest BCUT2D eigenvalue weighted by atomic mass is 10.1. The van der Waals surface area contributed by atoms with Crippen LogP contribution < -0.4 is 4.90 Å². The summed E-state index contributed by atoms with van der Waals surface area (Å²) in [4.78, 5) is 44.9. The molecule has 0 atom stereocenters. The molecule has 0 unspecified atom stereocenters. The number of imide groups is 1. The van der Waals surface area contributed by atoms with Gasteiger partial charge in [0.2, 0.25) is 5.91 Å². The molecule has 0 saturated carbocycles. The molecular formula is C28H20ClN3O3. The number of para-hydroxylation sites is 2. The van der Waals surface area contributed by atoms with E-state index in [0.29, 0.717) is 22.5 Å². The Labute approximate surface area is 206 Å². The molecule has 5 rings (SSSR count). The number of anilines is 1. The highest BCUT2D eigenvalue weighted by molar-refractivity contribution is 6.52. The number of carbonyl (C=O) groups is 3. The van der Waals surface area contributed by atoms with Gasteiger partial charge in [0.15, 0.2) is 0 Å². The van der Waals surface area contributed by atoms with Gasteiger partial charge >= 0.3 is 5.91 Å². The normalized spacial score (nSPS) is 11.0. The van der Waals surface area contributed by atoms with Crippen LogP contribution in [0.2, 0.25) is 5.02 Å². The Morgan fingerprint density at radius 2 is 1.66 bits per heavy atom. The second-order valence-electron chi connectivity index (χ2n) is 8.16. The predicted octanol–water partition coefficient (Wildman–Crippen LogP) is 5.65. The van der Waals surface area contributed by atoms with Crippen LogP contribution in [-0.4, -0.2) is 27.1 Å². The maximum absolute atomic E-state index is 13.5. The highest BCUT2D eigenvalue weighted by Crippen LogP contribution is 2.28. The summed E-state index contributed by atoms with van der Waals surface area (Å²) in [6.07, 6.45) is 3.25. The number of carbonyl (C=O) groups excluding carboxylic acids is 3. The maximum Gasteiger partial charge on any atom is 0.306 e. The summed E-state index contributed by atoms with van der Waals surface area (Å²) in [5, 5.41) is 2.04. The van der Waals surface area contributed by atoms with Crippen LogP contribution in [0.15, 0.2) is 91.3 Å². The SMILES string of the molecule is CC(=O)N(C(=O)C(=O)c1cn(Cc2ccc(Cl)cc2)c2ccccc12)c1cccc2cccnc12. The molecule has 5 aromatic rings. The average Bonchev–Trinajstić information content (AvgIpc) is 3.23. The third kappa shape index (κ3) is 4.20. The Morgan fingerprint density at radius 3 is 2.43 bits per heavy atom. The van der Waals surface area contributed by atoms with Crippen molar-refractivity contribution in [3.63, 3.8) is 0 Å². The molecule has 0 aliphatic heterocycles. The summed E-state index contributed by atoms with van der Waals surface area (Å²) in [7, 11) is 0. The van der Waals surface area contributed by atoms with E-state index in [0.717, 1.165) is 21.4 Å². The second kappa shape index (κ2) is 9.16. The van der Waals surface area contributed by atoms with Gasteiger partial charge in [0.05, 0.1) is 16.8 Å². The Balaban J connectivity index is 1.56. The van der Waals surface area contributed by atoms with Crippen LogP contribution in [0.3, 0.4) is 0 Å². The number of pyridine rings is 1. The molecule has 0 fully saturated rings. The first-order chi connectivity index (χ1) is 16.9. The van der Waals surface area contributed by atoms with Crippen molar-refractivity contribution >= 4 is 56.7 Å². The van der Waals surface area contributed by atoms with Crippen LogP contribution in [0.1, 0.15) is 22.8 Å². The van der Waals surface area contributed by atoms with Crippen LogP contribution in [-0.2, 0) is 16.1 Å². The summed E-state index contributed by atoms with van der Waals surface area (Å²) in [6.45, 7) is 1.75. The van der Waals surface area contributed by atoms with Gasteiger partial charge in [-0.15, -0.1) is 0 Å². The third-order valence-electron chi connectivity index (χ3n) is 5.86. The molecule has 0 bridgehead atoms. The number of fused-ring (bicyclic) bond motifs is 2. The number of benzene rings is 3. The second-order valence-corrected chi connectivity index (χ2v) is 8.59. The van der Waals surface area contributed by atoms with Gasteiger partial charge in [-0.2, -0.15) is 0 Å². The van der Waals surface area contributed by atoms with Gasteiger partial charge in [-0.05, 0) is 35.9 Å². The summed E-state index contributed by atoms with van der Waals surface area (Å²) < 4.78 is 1.91. The third-order valence-corrected chi connectivity index (χ3v) is 6.12. The number of nitrogens with zero attached hydrogens (tertiary/aromatic N) is 3. The fourth-order valence-electron chi connectivity index (χ4n) is 4.25. The number of hydrogen-bond donors (Lipinski definition) is 0. The number of halogens is 1. The van der Waals surface area contributed by atoms with Crippen molar-refractivity contribution in [1.82, 2.24) is 9.55 Å². The van der Waals surface area contributed by atoms with Crippen molar-refractivity contribution in [2.75, 3.05) is 4.90 Å². The lowest BCUT2D eigenvalue weighted by Gasteiger charge is -2.19. The molecule has 172 valence electrons. The average molecular weight is 482 g/mol. The summed E-state index contributed by atoms with van der Waals surface area (Å²) in [5.41, 5.74) is 2.78. The standard InChI is InChI=1S/C28H20ClN3O3/c1-18(33)32(25-10-4-6-20-7-5-15-30-26(20)25)28(35)27(34)23-17-31(24-9-3-2-8-22(23)24)16-19-11-13-21(29)14-12-19/h2-15,17H,16H2,1H3. The summed E-state index contributed by atoms with van der Waals surface area (Å²) >= 11 is 6.01. The number of Topliss-reactive ketones (excluding diaryl/α,β-unsaturated/α-hetero) is 1. The molecule has 2 heterocycles. The van der Waals surface area contributed by atoms with Crippen LogP contribution in [0.5, 0.6) is 0 Å². The summed E-state index contributed by atoms with van der Waals surface area (Å²) in [6, 6.07) is 23.6. The molecule has 35 heavy (non-hydrogen) atoms. The molecule has 2 amide bonds. The van der Waals surface area contributed by atoms with Crippen molar-refractivity contribution < 1.29 is 14.4 Å². The quantitative estimate of drug-likeness (QED) is 0.240. The van der Waals surface area contributed by atoms with Crippen molar-refractivity contribution in [1.29, 1.82) is 0 Å². The van der Waals surface area contributed by atoms with E-state index in [-0.39, 0.29) is 11.3 Å². The monoisotopic (exact) mass is 481 g/mol. The molecule has 0 radical (unpaired) electrons. The molecule has 6 nitrogen and oxygen atoms in total. The first-order valence-electron chi connectivity index (χ1n) is 11.0. The van der Waals surface area contributed by atoms with Crippen molar-refractivity contribution in [3.05, 3.63) is 107 Å². The first kappa shape index (κ1) is 22.5. The van der Waals surface area contributed by atoms with E-state index in [9.17, 15) is 14.4 Å². The van der Waals surface area contributed by atoms with E-state index in [1.165, 1.54) is 6.92 Å². The number of aromatic nitrogens is 2. The minimum absolute atomic E-state index is 0.235. The zero-order valence-corrected chi connectivity index (χ0v) is 19.6. The van der Waals surface area contributed by atoms with Gasteiger partial charge in [0.1, 0.15) is 0 Å². The Morgan fingerprint density at radius 1 is 0.914 bits per heavy atom. The molecule has 0 N–H and O–H groups in total. The molecule has 3 aromatic carbocycles. The number of hydrogen-bond acceptors (Lipinski definition) is 4. The van der Waals surface area contributed by atoms with Gasteiger partial charge in [-0.25, -0.2) is 4.90 Å². The Bertz CT molecular complexity index is 1600. The molecule has 0 aliphatic carbocycles. The molecule has 0 aliphatic rings. The number of amides is 2. The number of ketones is 1. The van der Waals surface area contributed by atoms with Crippen molar-refractivity contribution in [2.24, 2.45) is 0 Å². The van der Waals surface area contributed by atoms with E-state index < -0.39 is 17.6 Å². The minimum atomic E-state index is -0.926. The molecule has 0 saturated heterocycles. The Kier molecular flexibility index (Phi) is 5.89. The molecule has 7 heteroatoms. The van der Waals surface area contributed by atoms with Crippen molar-refractivity contribution in [2.45, 2.75) is 13.5 Å². The van der Waals surface area contributed by atoms with Gasteiger partial charge < -0.3 is 4.57 Å². The van der Waals surface area contributed by atoms with E-state index in [2.05, 4.69) is 4.98 Å². The van der Waals surface area contributed by atoms with E-state index in [1.54, 1.807) is 48.8 Å². The van der Waals surface area contributed by atoms with Gasteiger partial charge in [0.25, 0.3) is 5.78 Å². The topological polar surface area (TPSA) is 72.3 Å². The van der Waals surface area contributed by atoms with Gasteiger partial charge in [-0.1, -0.05) is 60.1 Å². The zero-order valence-electron chi connectivity index (χ0n) is 18.8. The largest absolute Gasteiger partial charge is 0.342 e. The molecular weight excluding hydrogens is 462 g/mol. The highest BCUT2D eigenvalue weighted by atomic mass is 35.5. The van der Waals surface area contributed by atoms with Gasteiger partial charge in [0, 0.05) is 47.2 Å². The van der Waals surface area contributed by atoms with Crippen LogP contribution in [0.4, 0.5) is 5.69 Å². The summed E-state index contributed by atoms with van der Waals surface area (Å²) in [5.74, 6) is -2.25. The minimum Gasteiger partial charge on any atom is -0.342 e. The van der Waals surface area contributed by atoms with Gasteiger partial charge in [-0.3, -0.25) is 19.4 Å². The molecule has 0 spiro atoms. The number of rotatable bonds is 5. The van der Waals surface area contributed by atoms with E-state index in [4.69, 9.17) is 11.6 Å². The van der Waals surface area contributed by atoms with Crippen LogP contribution >= 0.6 is 11.6 Å². The maximum atomic E-state index is 13.5. The smallest absolute Gasteiger partial charge is 0.306 e.